The van der Waals surface area contributed by atoms with E-state index < -0.39 is 0 Å². The normalized spacial score (nSPS) is 16.9. The van der Waals surface area contributed by atoms with E-state index in [2.05, 4.69) is 0 Å². The van der Waals surface area contributed by atoms with Crippen LogP contribution in [0.4, 0.5) is 10.1 Å². The average molecular weight is 251 g/mol. The van der Waals surface area contributed by atoms with Crippen LogP contribution < -0.4 is 4.90 Å². The number of rotatable bonds is 4. The third kappa shape index (κ3) is 2.70. The van der Waals surface area contributed by atoms with Crippen LogP contribution >= 0.6 is 0 Å². The minimum absolute atomic E-state index is 0.315. The molecule has 1 aromatic carbocycles. The molecule has 98 valence electrons. The zero-order valence-electron chi connectivity index (χ0n) is 10.6. The van der Waals surface area contributed by atoms with Gasteiger partial charge in [0.25, 0.3) is 0 Å². The summed E-state index contributed by atoms with van der Waals surface area (Å²) in [5.74, 6) is 0.225. The lowest BCUT2D eigenvalue weighted by Gasteiger charge is -2.34. The zero-order valence-corrected chi connectivity index (χ0v) is 10.6. The Labute approximate surface area is 107 Å². The van der Waals surface area contributed by atoms with Gasteiger partial charge in [-0.3, -0.25) is 4.79 Å². The van der Waals surface area contributed by atoms with Crippen molar-refractivity contribution in [2.45, 2.75) is 12.8 Å². The van der Waals surface area contributed by atoms with Crippen LogP contribution in [0.5, 0.6) is 0 Å². The standard InChI is InChI=1S/C14H18FNO2/c1-18-10-11-5-7-16(8-6-11)14-12(9-17)3-2-4-13(14)15/h2-4,9,11H,5-8,10H2,1H3. The molecule has 0 N–H and O–H groups in total. The quantitative estimate of drug-likeness (QED) is 0.770. The van der Waals surface area contributed by atoms with E-state index in [0.717, 1.165) is 38.8 Å². The number of methoxy groups -OCH3 is 1. The van der Waals surface area contributed by atoms with Gasteiger partial charge in [-0.25, -0.2) is 4.39 Å². The van der Waals surface area contributed by atoms with Crippen LogP contribution in [0.3, 0.4) is 0 Å². The summed E-state index contributed by atoms with van der Waals surface area (Å²) < 4.78 is 19.0. The molecular weight excluding hydrogens is 233 g/mol. The molecule has 0 saturated carbocycles. The molecule has 0 spiro atoms. The van der Waals surface area contributed by atoms with Crippen molar-refractivity contribution >= 4 is 12.0 Å². The molecule has 1 saturated heterocycles. The zero-order chi connectivity index (χ0) is 13.0. The molecule has 0 bridgehead atoms. The lowest BCUT2D eigenvalue weighted by Crippen LogP contribution is -2.36. The molecular formula is C14H18FNO2. The number of anilines is 1. The highest BCUT2D eigenvalue weighted by Crippen LogP contribution is 2.28. The summed E-state index contributed by atoms with van der Waals surface area (Å²) in [7, 11) is 1.70. The van der Waals surface area contributed by atoms with Gasteiger partial charge in [0.15, 0.2) is 6.29 Å². The summed E-state index contributed by atoms with van der Waals surface area (Å²) >= 11 is 0. The number of carbonyl (C=O) groups excluding carboxylic acids is 1. The fraction of sp³-hybridized carbons (Fsp3) is 0.500. The van der Waals surface area contributed by atoms with E-state index in [9.17, 15) is 9.18 Å². The summed E-state index contributed by atoms with van der Waals surface area (Å²) in [6.45, 7) is 2.30. The molecule has 0 unspecified atom stereocenters. The molecule has 1 fully saturated rings. The van der Waals surface area contributed by atoms with Crippen LogP contribution in [0.15, 0.2) is 18.2 Å². The number of piperidine rings is 1. The predicted molar refractivity (Wildman–Crippen MR) is 68.6 cm³/mol. The van der Waals surface area contributed by atoms with Crippen molar-refractivity contribution in [2.24, 2.45) is 5.92 Å². The molecule has 3 nitrogen and oxygen atoms in total. The number of ether oxygens (including phenoxy) is 1. The van der Waals surface area contributed by atoms with Crippen LogP contribution in [-0.2, 0) is 4.74 Å². The molecule has 1 aliphatic heterocycles. The van der Waals surface area contributed by atoms with Crippen molar-refractivity contribution in [3.8, 4) is 0 Å². The number of aldehydes is 1. The molecule has 2 rings (SSSR count). The van der Waals surface area contributed by atoms with Gasteiger partial charge in [0, 0.05) is 32.4 Å². The Morgan fingerprint density at radius 3 is 2.78 bits per heavy atom. The first kappa shape index (κ1) is 13.0. The van der Waals surface area contributed by atoms with E-state index in [1.165, 1.54) is 6.07 Å². The Balaban J connectivity index is 2.12. The van der Waals surface area contributed by atoms with Gasteiger partial charge in [0.1, 0.15) is 5.82 Å². The van der Waals surface area contributed by atoms with E-state index in [1.54, 1.807) is 19.2 Å². The Hall–Kier alpha value is -1.42. The Bertz CT molecular complexity index is 414. The molecule has 1 heterocycles. The Morgan fingerprint density at radius 2 is 2.17 bits per heavy atom. The fourth-order valence-electron chi connectivity index (χ4n) is 2.52. The first-order chi connectivity index (χ1) is 8.76. The van der Waals surface area contributed by atoms with Gasteiger partial charge in [0.05, 0.1) is 5.69 Å². The molecule has 1 aromatic rings. The minimum atomic E-state index is -0.315. The minimum Gasteiger partial charge on any atom is -0.384 e. The van der Waals surface area contributed by atoms with E-state index >= 15 is 0 Å². The van der Waals surface area contributed by atoms with Crippen molar-refractivity contribution in [1.82, 2.24) is 0 Å². The highest BCUT2D eigenvalue weighted by atomic mass is 19.1. The first-order valence-corrected chi connectivity index (χ1v) is 6.24. The fourth-order valence-corrected chi connectivity index (χ4v) is 2.52. The highest BCUT2D eigenvalue weighted by molar-refractivity contribution is 5.84. The van der Waals surface area contributed by atoms with E-state index in [0.29, 0.717) is 17.2 Å². The largest absolute Gasteiger partial charge is 0.384 e. The molecule has 0 amide bonds. The van der Waals surface area contributed by atoms with Gasteiger partial charge in [-0.1, -0.05) is 6.07 Å². The summed E-state index contributed by atoms with van der Waals surface area (Å²) in [6, 6.07) is 4.64. The lowest BCUT2D eigenvalue weighted by atomic mass is 9.97. The van der Waals surface area contributed by atoms with Gasteiger partial charge in [-0.15, -0.1) is 0 Å². The second kappa shape index (κ2) is 5.96. The maximum absolute atomic E-state index is 13.8. The molecule has 0 aromatic heterocycles. The second-order valence-electron chi connectivity index (χ2n) is 4.68. The van der Waals surface area contributed by atoms with E-state index in [-0.39, 0.29) is 5.82 Å². The number of benzene rings is 1. The second-order valence-corrected chi connectivity index (χ2v) is 4.68. The van der Waals surface area contributed by atoms with Crippen LogP contribution in [0.2, 0.25) is 0 Å². The average Bonchev–Trinajstić information content (AvgIpc) is 2.40. The van der Waals surface area contributed by atoms with Crippen LogP contribution in [0.25, 0.3) is 0 Å². The first-order valence-electron chi connectivity index (χ1n) is 6.24. The van der Waals surface area contributed by atoms with Crippen LogP contribution in [-0.4, -0.2) is 33.1 Å². The number of hydrogen-bond acceptors (Lipinski definition) is 3. The molecule has 0 atom stereocenters. The molecule has 0 aliphatic carbocycles. The molecule has 4 heteroatoms. The Morgan fingerprint density at radius 1 is 1.44 bits per heavy atom. The summed E-state index contributed by atoms with van der Waals surface area (Å²) in [5.41, 5.74) is 0.878. The van der Waals surface area contributed by atoms with E-state index in [1.807, 2.05) is 4.90 Å². The number of para-hydroxylation sites is 1. The highest BCUT2D eigenvalue weighted by Gasteiger charge is 2.22. The van der Waals surface area contributed by atoms with Gasteiger partial charge < -0.3 is 9.64 Å². The SMILES string of the molecule is COCC1CCN(c2c(F)cccc2C=O)CC1. The van der Waals surface area contributed by atoms with Crippen molar-refractivity contribution in [2.75, 3.05) is 31.7 Å². The number of nitrogens with zero attached hydrogens (tertiary/aromatic N) is 1. The van der Waals surface area contributed by atoms with Crippen LogP contribution in [0, 0.1) is 11.7 Å². The van der Waals surface area contributed by atoms with Crippen molar-refractivity contribution in [1.29, 1.82) is 0 Å². The maximum atomic E-state index is 13.8. The summed E-state index contributed by atoms with van der Waals surface area (Å²) in [4.78, 5) is 12.9. The number of halogens is 1. The van der Waals surface area contributed by atoms with Crippen molar-refractivity contribution < 1.29 is 13.9 Å². The van der Waals surface area contributed by atoms with Gasteiger partial charge in [-0.2, -0.15) is 0 Å². The van der Waals surface area contributed by atoms with Gasteiger partial charge >= 0.3 is 0 Å². The van der Waals surface area contributed by atoms with Crippen molar-refractivity contribution in [3.05, 3.63) is 29.6 Å². The monoisotopic (exact) mass is 251 g/mol. The Kier molecular flexibility index (Phi) is 4.31. The maximum Gasteiger partial charge on any atom is 0.152 e. The van der Waals surface area contributed by atoms with Crippen molar-refractivity contribution in [3.63, 3.8) is 0 Å². The predicted octanol–water partition coefficient (Wildman–Crippen LogP) is 2.50. The number of hydrogen-bond donors (Lipinski definition) is 0. The topological polar surface area (TPSA) is 29.5 Å². The molecule has 18 heavy (non-hydrogen) atoms. The number of carbonyl (C=O) groups is 1. The van der Waals surface area contributed by atoms with Gasteiger partial charge in [-0.05, 0) is 30.9 Å². The van der Waals surface area contributed by atoms with Crippen LogP contribution in [0.1, 0.15) is 23.2 Å². The molecule has 0 radical (unpaired) electrons. The lowest BCUT2D eigenvalue weighted by molar-refractivity contribution is 0.112. The third-order valence-electron chi connectivity index (χ3n) is 3.48. The third-order valence-corrected chi connectivity index (χ3v) is 3.48. The smallest absolute Gasteiger partial charge is 0.152 e. The van der Waals surface area contributed by atoms with E-state index in [4.69, 9.17) is 4.74 Å². The summed E-state index contributed by atoms with van der Waals surface area (Å²) in [5, 5.41) is 0. The van der Waals surface area contributed by atoms with Gasteiger partial charge in [0.2, 0.25) is 0 Å². The summed E-state index contributed by atoms with van der Waals surface area (Å²) in [6.07, 6.45) is 2.67. The molecule has 1 aliphatic rings.